The summed E-state index contributed by atoms with van der Waals surface area (Å²) in [7, 11) is 1.04. The van der Waals surface area contributed by atoms with Gasteiger partial charge in [-0.2, -0.15) is 0 Å². The lowest BCUT2D eigenvalue weighted by molar-refractivity contribution is -0.700. The van der Waals surface area contributed by atoms with Crippen LogP contribution in [0.25, 0.3) is 0 Å². The van der Waals surface area contributed by atoms with Gasteiger partial charge >= 0.3 is 0 Å². The molecule has 0 aliphatic carbocycles. The van der Waals surface area contributed by atoms with Crippen molar-refractivity contribution in [1.29, 1.82) is 0 Å². The van der Waals surface area contributed by atoms with Crippen molar-refractivity contribution in [2.45, 2.75) is 40.3 Å². The lowest BCUT2D eigenvalue weighted by Gasteiger charge is -1.97. The Kier molecular flexibility index (Phi) is 7.00. The van der Waals surface area contributed by atoms with Crippen molar-refractivity contribution in [3.63, 3.8) is 0 Å². The molecule has 0 saturated heterocycles. The number of nitrogens with zero attached hydrogens (tertiary/aromatic N) is 2. The summed E-state index contributed by atoms with van der Waals surface area (Å²) in [5.74, 6) is 1.43. The van der Waals surface area contributed by atoms with Crippen molar-refractivity contribution < 1.29 is 19.2 Å². The lowest BCUT2D eigenvalue weighted by atomic mass is 10.4. The first-order chi connectivity index (χ1) is 7.60. The van der Waals surface area contributed by atoms with E-state index < -0.39 is 6.16 Å². The third kappa shape index (κ3) is 4.33. The molecule has 0 bridgehead atoms. The summed E-state index contributed by atoms with van der Waals surface area (Å²) in [5.41, 5.74) is 0. The zero-order valence-corrected chi connectivity index (χ0v) is 10.4. The number of carboxylic acid groups (broad SMARTS) is 1. The molecular weight excluding hydrogens is 208 g/mol. The van der Waals surface area contributed by atoms with Crippen LogP contribution in [0.3, 0.4) is 0 Å². The number of rotatable bonds is 3. The topological polar surface area (TPSA) is 58.2 Å². The number of methoxy groups -OCH3 is 1. The van der Waals surface area contributed by atoms with E-state index in [-0.39, 0.29) is 0 Å². The Balaban J connectivity index is 0.000000385. The molecular formula is C11H20N2O3. The fraction of sp³-hybridized carbons (Fsp3) is 0.636. The molecule has 0 fully saturated rings. The molecule has 1 aromatic rings. The highest BCUT2D eigenvalue weighted by molar-refractivity contribution is 5.53. The molecule has 0 radical (unpaired) electrons. The van der Waals surface area contributed by atoms with Crippen LogP contribution in [-0.4, -0.2) is 17.8 Å². The van der Waals surface area contributed by atoms with Gasteiger partial charge in [0.1, 0.15) is 12.4 Å². The zero-order chi connectivity index (χ0) is 12.6. The number of ether oxygens (including phenoxy) is 1. The second-order valence-electron chi connectivity index (χ2n) is 3.09. The molecule has 0 aliphatic rings. The largest absolute Gasteiger partial charge is 0.553 e. The minimum Gasteiger partial charge on any atom is -0.553 e. The first-order valence-electron chi connectivity index (χ1n) is 5.42. The van der Waals surface area contributed by atoms with Gasteiger partial charge < -0.3 is 14.6 Å². The van der Waals surface area contributed by atoms with Crippen LogP contribution in [0.4, 0.5) is 4.79 Å². The molecule has 1 heterocycles. The van der Waals surface area contributed by atoms with E-state index in [9.17, 15) is 0 Å². The predicted octanol–water partition coefficient (Wildman–Crippen LogP) is 0.354. The van der Waals surface area contributed by atoms with Crippen LogP contribution in [0.1, 0.15) is 26.6 Å². The van der Waals surface area contributed by atoms with Crippen molar-refractivity contribution in [2.75, 3.05) is 7.11 Å². The summed E-state index contributed by atoms with van der Waals surface area (Å²) in [4.78, 5) is 9.03. The van der Waals surface area contributed by atoms with Crippen LogP contribution >= 0.6 is 0 Å². The van der Waals surface area contributed by atoms with Gasteiger partial charge in [-0.3, -0.25) is 0 Å². The van der Waals surface area contributed by atoms with Gasteiger partial charge in [0.2, 0.25) is 0 Å². The molecule has 0 spiro atoms. The highest BCUT2D eigenvalue weighted by Crippen LogP contribution is 1.95. The quantitative estimate of drug-likeness (QED) is 0.554. The van der Waals surface area contributed by atoms with Gasteiger partial charge in [-0.1, -0.05) is 6.92 Å². The van der Waals surface area contributed by atoms with Gasteiger partial charge in [-0.15, -0.1) is 0 Å². The molecule has 0 N–H and O–H groups in total. The van der Waals surface area contributed by atoms with Gasteiger partial charge in [0.05, 0.1) is 13.1 Å². The number of hydrogen-bond acceptors (Lipinski definition) is 3. The van der Waals surface area contributed by atoms with E-state index >= 15 is 0 Å². The number of carbonyl (C=O) groups excluding carboxylic acids is 1. The van der Waals surface area contributed by atoms with Gasteiger partial charge in [0.15, 0.2) is 0 Å². The van der Waals surface area contributed by atoms with E-state index in [4.69, 9.17) is 9.90 Å². The van der Waals surface area contributed by atoms with Crippen molar-refractivity contribution >= 4 is 6.16 Å². The molecule has 0 unspecified atom stereocenters. The van der Waals surface area contributed by atoms with Crippen LogP contribution in [-0.2, 0) is 24.2 Å². The summed E-state index contributed by atoms with van der Waals surface area (Å²) >= 11 is 0. The maximum Gasteiger partial charge on any atom is 0.256 e. The third-order valence-corrected chi connectivity index (χ3v) is 2.25. The van der Waals surface area contributed by atoms with Crippen LogP contribution in [0.15, 0.2) is 12.4 Å². The maximum absolute atomic E-state index is 9.03. The highest BCUT2D eigenvalue weighted by Gasteiger charge is 2.10. The summed E-state index contributed by atoms with van der Waals surface area (Å²) in [5, 5.41) is 9.03. The Labute approximate surface area is 96.3 Å². The Morgan fingerprint density at radius 2 is 2.06 bits per heavy atom. The molecule has 0 amide bonds. The number of carbonyl (C=O) groups is 1. The minimum absolute atomic E-state index is 1.04. The standard InChI is InChI=1S/C9H17N2.C2H4O3/c1-4-9-10(5-2)7-8-11(9)6-3;1-5-2(3)4/h7-8H,4-6H2,1-3H3;1H3,(H,3,4)/q+1;/p-1. The first-order valence-corrected chi connectivity index (χ1v) is 5.42. The van der Waals surface area contributed by atoms with Gasteiger partial charge in [-0.25, -0.2) is 9.13 Å². The Morgan fingerprint density at radius 1 is 1.50 bits per heavy atom. The van der Waals surface area contributed by atoms with Crippen molar-refractivity contribution in [1.82, 2.24) is 4.57 Å². The molecule has 1 aromatic heterocycles. The third-order valence-electron chi connectivity index (χ3n) is 2.25. The van der Waals surface area contributed by atoms with Crippen LogP contribution < -0.4 is 9.67 Å². The second kappa shape index (κ2) is 7.73. The van der Waals surface area contributed by atoms with Crippen molar-refractivity contribution in [3.05, 3.63) is 18.2 Å². The fourth-order valence-corrected chi connectivity index (χ4v) is 1.48. The SMILES string of the molecule is CCc1n(CC)cc[n+]1CC.COC(=O)[O-]. The van der Waals surface area contributed by atoms with E-state index in [1.165, 1.54) is 5.82 Å². The monoisotopic (exact) mass is 228 g/mol. The van der Waals surface area contributed by atoms with Crippen molar-refractivity contribution in [2.24, 2.45) is 0 Å². The van der Waals surface area contributed by atoms with E-state index in [0.717, 1.165) is 26.6 Å². The van der Waals surface area contributed by atoms with E-state index in [1.54, 1.807) is 0 Å². The molecule has 16 heavy (non-hydrogen) atoms. The molecule has 1 rings (SSSR count). The smallest absolute Gasteiger partial charge is 0.256 e. The van der Waals surface area contributed by atoms with Crippen LogP contribution in [0.2, 0.25) is 0 Å². The minimum atomic E-state index is -1.50. The summed E-state index contributed by atoms with van der Waals surface area (Å²) < 4.78 is 8.15. The normalized spacial score (nSPS) is 9.25. The molecule has 5 nitrogen and oxygen atoms in total. The summed E-state index contributed by atoms with van der Waals surface area (Å²) in [6.45, 7) is 8.72. The zero-order valence-electron chi connectivity index (χ0n) is 10.4. The molecule has 0 aliphatic heterocycles. The van der Waals surface area contributed by atoms with E-state index in [1.807, 2.05) is 0 Å². The average molecular weight is 228 g/mol. The Morgan fingerprint density at radius 3 is 2.38 bits per heavy atom. The number of aromatic nitrogens is 2. The number of aryl methyl sites for hydroxylation is 2. The fourth-order valence-electron chi connectivity index (χ4n) is 1.48. The molecule has 0 saturated carbocycles. The van der Waals surface area contributed by atoms with Crippen molar-refractivity contribution in [3.8, 4) is 0 Å². The Hall–Kier alpha value is -1.52. The van der Waals surface area contributed by atoms with Gasteiger partial charge in [0.25, 0.3) is 12.0 Å². The molecule has 92 valence electrons. The molecule has 0 aromatic carbocycles. The highest BCUT2D eigenvalue weighted by atomic mass is 16.6. The summed E-state index contributed by atoms with van der Waals surface area (Å²) in [6, 6.07) is 0. The predicted molar refractivity (Wildman–Crippen MR) is 57.8 cm³/mol. The van der Waals surface area contributed by atoms with Gasteiger partial charge in [0, 0.05) is 13.5 Å². The van der Waals surface area contributed by atoms with Crippen LogP contribution in [0, 0.1) is 0 Å². The first kappa shape index (κ1) is 14.5. The lowest BCUT2D eigenvalue weighted by Crippen LogP contribution is -2.35. The second-order valence-corrected chi connectivity index (χ2v) is 3.09. The average Bonchev–Trinajstić information content (AvgIpc) is 2.71. The summed E-state index contributed by atoms with van der Waals surface area (Å²) in [6.07, 6.45) is 3.93. The number of hydrogen-bond donors (Lipinski definition) is 0. The van der Waals surface area contributed by atoms with E-state index in [0.29, 0.717) is 0 Å². The van der Waals surface area contributed by atoms with Gasteiger partial charge in [-0.05, 0) is 13.8 Å². The van der Waals surface area contributed by atoms with Crippen LogP contribution in [0.5, 0.6) is 0 Å². The Bertz CT molecular complexity index is 300. The molecule has 5 heteroatoms. The number of imidazole rings is 1. The maximum atomic E-state index is 9.03. The van der Waals surface area contributed by atoms with E-state index in [2.05, 4.69) is 47.0 Å². The molecule has 0 atom stereocenters.